The van der Waals surface area contributed by atoms with Crippen LogP contribution in [-0.2, 0) is 6.61 Å². The molecule has 1 heterocycles. The number of benzene rings is 2. The Morgan fingerprint density at radius 1 is 1.14 bits per heavy atom. The van der Waals surface area contributed by atoms with Crippen molar-refractivity contribution in [2.24, 2.45) is 0 Å². The first-order chi connectivity index (χ1) is 10.6. The summed E-state index contributed by atoms with van der Waals surface area (Å²) in [6, 6.07) is 13.6. The van der Waals surface area contributed by atoms with E-state index in [-0.39, 0.29) is 5.78 Å². The van der Waals surface area contributed by atoms with Crippen LogP contribution in [0.15, 0.2) is 53.8 Å². The second-order valence-corrected chi connectivity index (χ2v) is 5.65. The maximum atomic E-state index is 12.3. The average molecular weight is 294 g/mol. The number of ketones is 1. The first-order valence-electron chi connectivity index (χ1n) is 7.27. The van der Waals surface area contributed by atoms with Gasteiger partial charge in [0.1, 0.15) is 18.1 Å². The van der Waals surface area contributed by atoms with Gasteiger partial charge in [-0.15, -0.1) is 0 Å². The molecule has 0 radical (unpaired) electrons. The molecule has 0 N–H and O–H groups in total. The first kappa shape index (κ1) is 14.4. The molecule has 0 bridgehead atoms. The standard InChI is InChI=1S/C19H18O3/c1-12(2)19-18(20)17-13(3)9-15(10-16(17)22-19)21-11-14-7-5-4-6-8-14/h4-10H,11H2,1-3H3. The Morgan fingerprint density at radius 2 is 1.86 bits per heavy atom. The minimum absolute atomic E-state index is 0.0397. The number of allylic oxidation sites excluding steroid dienone is 2. The maximum Gasteiger partial charge on any atom is 0.232 e. The van der Waals surface area contributed by atoms with Crippen molar-refractivity contribution in [2.45, 2.75) is 27.4 Å². The number of rotatable bonds is 3. The largest absolute Gasteiger partial charge is 0.489 e. The highest BCUT2D eigenvalue weighted by atomic mass is 16.5. The van der Waals surface area contributed by atoms with Crippen molar-refractivity contribution in [1.29, 1.82) is 0 Å². The fourth-order valence-corrected chi connectivity index (χ4v) is 2.52. The van der Waals surface area contributed by atoms with Gasteiger partial charge in [0, 0.05) is 6.07 Å². The van der Waals surface area contributed by atoms with E-state index in [1.165, 1.54) is 0 Å². The van der Waals surface area contributed by atoms with Crippen LogP contribution in [0.25, 0.3) is 0 Å². The summed E-state index contributed by atoms with van der Waals surface area (Å²) in [5.41, 5.74) is 3.50. The summed E-state index contributed by atoms with van der Waals surface area (Å²) < 4.78 is 11.5. The van der Waals surface area contributed by atoms with Crippen molar-refractivity contribution in [3.05, 3.63) is 70.5 Å². The van der Waals surface area contributed by atoms with Crippen LogP contribution in [0.3, 0.4) is 0 Å². The van der Waals surface area contributed by atoms with Crippen LogP contribution in [0.1, 0.15) is 35.3 Å². The lowest BCUT2D eigenvalue weighted by Gasteiger charge is -2.09. The van der Waals surface area contributed by atoms with Gasteiger partial charge in [-0.05, 0) is 43.5 Å². The highest BCUT2D eigenvalue weighted by Crippen LogP contribution is 2.37. The molecule has 0 unspecified atom stereocenters. The average Bonchev–Trinajstić information content (AvgIpc) is 2.84. The molecule has 0 saturated heterocycles. The molecule has 2 aromatic carbocycles. The van der Waals surface area contributed by atoms with Gasteiger partial charge in [-0.2, -0.15) is 0 Å². The molecule has 3 nitrogen and oxygen atoms in total. The van der Waals surface area contributed by atoms with E-state index in [4.69, 9.17) is 9.47 Å². The number of Topliss-reactive ketones (excluding diaryl/α,β-unsaturated/α-hetero) is 1. The van der Waals surface area contributed by atoms with E-state index in [9.17, 15) is 4.79 Å². The molecule has 0 aromatic heterocycles. The van der Waals surface area contributed by atoms with E-state index >= 15 is 0 Å². The van der Waals surface area contributed by atoms with Crippen molar-refractivity contribution in [1.82, 2.24) is 0 Å². The molecular formula is C19H18O3. The molecule has 2 aromatic rings. The van der Waals surface area contributed by atoms with E-state index < -0.39 is 0 Å². The van der Waals surface area contributed by atoms with Crippen LogP contribution in [0.5, 0.6) is 11.5 Å². The Balaban J connectivity index is 1.86. The second kappa shape index (κ2) is 5.68. The minimum atomic E-state index is -0.0397. The van der Waals surface area contributed by atoms with Crippen LogP contribution in [0.2, 0.25) is 0 Å². The molecular weight excluding hydrogens is 276 g/mol. The second-order valence-electron chi connectivity index (χ2n) is 5.65. The predicted molar refractivity (Wildman–Crippen MR) is 85.3 cm³/mol. The third-order valence-corrected chi connectivity index (χ3v) is 3.62. The van der Waals surface area contributed by atoms with Gasteiger partial charge in [-0.3, -0.25) is 4.79 Å². The van der Waals surface area contributed by atoms with Gasteiger partial charge in [0.2, 0.25) is 5.78 Å². The highest BCUT2D eigenvalue weighted by Gasteiger charge is 2.30. The predicted octanol–water partition coefficient (Wildman–Crippen LogP) is 4.44. The summed E-state index contributed by atoms with van der Waals surface area (Å²) in [5, 5.41) is 0. The van der Waals surface area contributed by atoms with E-state index in [0.29, 0.717) is 29.4 Å². The third kappa shape index (κ3) is 2.62. The fraction of sp³-hybridized carbons (Fsp3) is 0.211. The number of fused-ring (bicyclic) bond motifs is 1. The Labute approximate surface area is 130 Å². The van der Waals surface area contributed by atoms with Gasteiger partial charge in [0.05, 0.1) is 5.56 Å². The molecule has 22 heavy (non-hydrogen) atoms. The van der Waals surface area contributed by atoms with E-state index in [0.717, 1.165) is 16.7 Å². The van der Waals surface area contributed by atoms with E-state index in [1.54, 1.807) is 6.07 Å². The van der Waals surface area contributed by atoms with E-state index in [1.807, 2.05) is 57.2 Å². The summed E-state index contributed by atoms with van der Waals surface area (Å²) in [4.78, 5) is 12.3. The first-order valence-corrected chi connectivity index (χ1v) is 7.27. The van der Waals surface area contributed by atoms with Crippen LogP contribution in [0, 0.1) is 6.92 Å². The SMILES string of the molecule is CC(C)=C1Oc2cc(OCc3ccccc3)cc(C)c2C1=O. The van der Waals surface area contributed by atoms with Gasteiger partial charge < -0.3 is 9.47 Å². The van der Waals surface area contributed by atoms with Crippen molar-refractivity contribution >= 4 is 5.78 Å². The van der Waals surface area contributed by atoms with Gasteiger partial charge >= 0.3 is 0 Å². The zero-order valence-corrected chi connectivity index (χ0v) is 13.0. The Kier molecular flexibility index (Phi) is 3.72. The summed E-state index contributed by atoms with van der Waals surface area (Å²) in [6.45, 7) is 6.15. The molecule has 3 heteroatoms. The molecule has 0 atom stereocenters. The van der Waals surface area contributed by atoms with Crippen LogP contribution in [-0.4, -0.2) is 5.78 Å². The van der Waals surface area contributed by atoms with E-state index in [2.05, 4.69) is 0 Å². The molecule has 1 aliphatic rings. The summed E-state index contributed by atoms with van der Waals surface area (Å²) >= 11 is 0. The molecule has 112 valence electrons. The quantitative estimate of drug-likeness (QED) is 0.785. The van der Waals surface area contributed by atoms with Gasteiger partial charge in [0.25, 0.3) is 0 Å². The maximum absolute atomic E-state index is 12.3. The number of aryl methyl sites for hydroxylation is 1. The van der Waals surface area contributed by atoms with Crippen molar-refractivity contribution in [3.63, 3.8) is 0 Å². The molecule has 3 rings (SSSR count). The highest BCUT2D eigenvalue weighted by molar-refractivity contribution is 6.13. The van der Waals surface area contributed by atoms with Crippen molar-refractivity contribution in [3.8, 4) is 11.5 Å². The Hall–Kier alpha value is -2.55. The molecule has 0 amide bonds. The zero-order valence-electron chi connectivity index (χ0n) is 13.0. The third-order valence-electron chi connectivity index (χ3n) is 3.62. The lowest BCUT2D eigenvalue weighted by molar-refractivity contribution is 0.101. The van der Waals surface area contributed by atoms with Crippen LogP contribution >= 0.6 is 0 Å². The molecule has 0 fully saturated rings. The number of carbonyl (C=O) groups excluding carboxylic acids is 1. The fourth-order valence-electron chi connectivity index (χ4n) is 2.52. The lowest BCUT2D eigenvalue weighted by atomic mass is 10.0. The number of carbonyl (C=O) groups is 1. The van der Waals surface area contributed by atoms with Gasteiger partial charge in [-0.25, -0.2) is 0 Å². The van der Waals surface area contributed by atoms with Gasteiger partial charge in [0.15, 0.2) is 5.76 Å². The molecule has 0 saturated carbocycles. The molecule has 1 aliphatic heterocycles. The molecule has 0 aliphatic carbocycles. The minimum Gasteiger partial charge on any atom is -0.489 e. The summed E-state index contributed by atoms with van der Waals surface area (Å²) in [6.07, 6.45) is 0. The number of hydrogen-bond donors (Lipinski definition) is 0. The molecule has 0 spiro atoms. The van der Waals surface area contributed by atoms with Crippen molar-refractivity contribution < 1.29 is 14.3 Å². The number of ether oxygens (including phenoxy) is 2. The monoisotopic (exact) mass is 294 g/mol. The van der Waals surface area contributed by atoms with Gasteiger partial charge in [-0.1, -0.05) is 30.3 Å². The normalized spacial score (nSPS) is 12.9. The van der Waals surface area contributed by atoms with Crippen molar-refractivity contribution in [2.75, 3.05) is 0 Å². The topological polar surface area (TPSA) is 35.5 Å². The number of hydrogen-bond acceptors (Lipinski definition) is 3. The summed E-state index contributed by atoms with van der Waals surface area (Å²) in [5.74, 6) is 1.69. The Morgan fingerprint density at radius 3 is 2.55 bits per heavy atom. The Bertz CT molecular complexity index is 754. The zero-order chi connectivity index (χ0) is 15.7. The van der Waals surface area contributed by atoms with Crippen LogP contribution < -0.4 is 9.47 Å². The summed E-state index contributed by atoms with van der Waals surface area (Å²) in [7, 11) is 0. The lowest BCUT2D eigenvalue weighted by Crippen LogP contribution is -2.01. The smallest absolute Gasteiger partial charge is 0.232 e. The van der Waals surface area contributed by atoms with Crippen LogP contribution in [0.4, 0.5) is 0 Å².